The molecule has 0 bridgehead atoms. The molecule has 0 spiro atoms. The summed E-state index contributed by atoms with van der Waals surface area (Å²) in [6.45, 7) is 6.49. The summed E-state index contributed by atoms with van der Waals surface area (Å²) < 4.78 is 5.42. The minimum atomic E-state index is 1.04. The first-order valence-electron chi connectivity index (χ1n) is 10.1. The average molecular weight is 441 g/mol. The Morgan fingerprint density at radius 3 is 1.83 bits per heavy atom. The fraction of sp³-hybridized carbons (Fsp3) is 0.111. The lowest BCUT2D eigenvalue weighted by atomic mass is 9.97. The molecule has 0 atom stereocenters. The van der Waals surface area contributed by atoms with E-state index in [0.29, 0.717) is 0 Å². The SMILES string of the molecule is Cc1ccc(-c2cc3sc4cc5c(cc4c3cc2S)sc2cc(C)ccc25)c(C)c1. The molecule has 30 heavy (non-hydrogen) atoms. The van der Waals surface area contributed by atoms with Crippen molar-refractivity contribution in [2.24, 2.45) is 0 Å². The molecule has 0 saturated heterocycles. The lowest BCUT2D eigenvalue weighted by Crippen LogP contribution is -1.86. The molecule has 0 N–H and O–H groups in total. The minimum absolute atomic E-state index is 1.04. The van der Waals surface area contributed by atoms with Crippen LogP contribution in [0.15, 0.2) is 65.6 Å². The first kappa shape index (κ1) is 18.4. The highest BCUT2D eigenvalue weighted by molar-refractivity contribution is 7.80. The van der Waals surface area contributed by atoms with Crippen LogP contribution in [0.3, 0.4) is 0 Å². The van der Waals surface area contributed by atoms with Gasteiger partial charge in [-0.15, -0.1) is 35.3 Å². The monoisotopic (exact) mass is 440 g/mol. The Bertz CT molecular complexity index is 1630. The van der Waals surface area contributed by atoms with Gasteiger partial charge in [-0.1, -0.05) is 35.9 Å². The molecule has 4 aromatic carbocycles. The van der Waals surface area contributed by atoms with Crippen LogP contribution in [0.4, 0.5) is 0 Å². The largest absolute Gasteiger partial charge is 0.143 e. The Labute approximate surface area is 189 Å². The predicted molar refractivity (Wildman–Crippen MR) is 139 cm³/mol. The molecule has 0 aliphatic rings. The van der Waals surface area contributed by atoms with Crippen LogP contribution in [0.5, 0.6) is 0 Å². The lowest BCUT2D eigenvalue weighted by molar-refractivity contribution is 1.36. The van der Waals surface area contributed by atoms with Gasteiger partial charge >= 0.3 is 0 Å². The van der Waals surface area contributed by atoms with Crippen molar-refractivity contribution in [2.45, 2.75) is 25.7 Å². The third-order valence-corrected chi connectivity index (χ3v) is 8.61. The Morgan fingerprint density at radius 2 is 1.10 bits per heavy atom. The van der Waals surface area contributed by atoms with Gasteiger partial charge in [-0.2, -0.15) is 0 Å². The van der Waals surface area contributed by atoms with Crippen LogP contribution in [0.1, 0.15) is 16.7 Å². The molecular weight excluding hydrogens is 420 g/mol. The summed E-state index contributed by atoms with van der Waals surface area (Å²) in [5.74, 6) is 0. The maximum absolute atomic E-state index is 4.89. The molecule has 0 unspecified atom stereocenters. The van der Waals surface area contributed by atoms with Crippen molar-refractivity contribution in [3.05, 3.63) is 77.4 Å². The zero-order valence-corrected chi connectivity index (χ0v) is 19.6. The standard InChI is InChI=1S/C27H20S3/c1-14-4-6-17(16(3)8-14)19-11-25-20(10-23(19)28)22-13-26-21(12-27(22)30-25)18-7-5-15(2)9-24(18)29-26/h4-13,28H,1-3H3. The van der Waals surface area contributed by atoms with Crippen molar-refractivity contribution in [3.8, 4) is 11.1 Å². The van der Waals surface area contributed by atoms with Gasteiger partial charge in [0.2, 0.25) is 0 Å². The van der Waals surface area contributed by atoms with E-state index in [-0.39, 0.29) is 0 Å². The van der Waals surface area contributed by atoms with Crippen molar-refractivity contribution >= 4 is 75.6 Å². The van der Waals surface area contributed by atoms with Crippen LogP contribution >= 0.6 is 35.3 Å². The van der Waals surface area contributed by atoms with Crippen molar-refractivity contribution in [3.63, 3.8) is 0 Å². The third-order valence-electron chi connectivity index (χ3n) is 6.01. The van der Waals surface area contributed by atoms with Crippen LogP contribution < -0.4 is 0 Å². The number of thiophene rings is 2. The van der Waals surface area contributed by atoms with Crippen LogP contribution in [0.2, 0.25) is 0 Å². The van der Waals surface area contributed by atoms with Crippen molar-refractivity contribution in [2.75, 3.05) is 0 Å². The second-order valence-corrected chi connectivity index (χ2v) is 10.9. The molecule has 0 fully saturated rings. The van der Waals surface area contributed by atoms with Crippen molar-refractivity contribution < 1.29 is 0 Å². The van der Waals surface area contributed by atoms with Gasteiger partial charge in [-0.3, -0.25) is 0 Å². The highest BCUT2D eigenvalue weighted by Crippen LogP contribution is 2.44. The molecule has 0 amide bonds. The third kappa shape index (κ3) is 2.73. The van der Waals surface area contributed by atoms with Gasteiger partial charge in [0.1, 0.15) is 0 Å². The number of fused-ring (bicyclic) bond motifs is 6. The van der Waals surface area contributed by atoms with E-state index in [1.807, 2.05) is 22.7 Å². The van der Waals surface area contributed by atoms with E-state index in [2.05, 4.69) is 81.4 Å². The molecule has 0 aliphatic carbocycles. The Morgan fingerprint density at radius 1 is 0.533 bits per heavy atom. The summed E-state index contributed by atoms with van der Waals surface area (Å²) in [6.07, 6.45) is 0. The van der Waals surface area contributed by atoms with Crippen LogP contribution in [-0.4, -0.2) is 0 Å². The Hall–Kier alpha value is -2.33. The fourth-order valence-electron chi connectivity index (χ4n) is 4.52. The number of rotatable bonds is 1. The number of hydrogen-bond acceptors (Lipinski definition) is 3. The van der Waals surface area contributed by atoms with E-state index >= 15 is 0 Å². The number of thiol groups is 1. The second-order valence-electron chi connectivity index (χ2n) is 8.23. The fourth-order valence-corrected chi connectivity index (χ4v) is 7.21. The number of benzene rings is 4. The van der Waals surface area contributed by atoms with E-state index in [1.54, 1.807) is 0 Å². The predicted octanol–water partition coefficient (Wildman–Crippen LogP) is 9.30. The quantitative estimate of drug-likeness (QED) is 0.242. The van der Waals surface area contributed by atoms with Gasteiger partial charge < -0.3 is 0 Å². The van der Waals surface area contributed by atoms with Gasteiger partial charge in [0, 0.05) is 45.2 Å². The van der Waals surface area contributed by atoms with E-state index in [1.165, 1.54) is 68.2 Å². The maximum atomic E-state index is 4.89. The maximum Gasteiger partial charge on any atom is 0.0362 e. The zero-order chi connectivity index (χ0) is 20.6. The first-order chi connectivity index (χ1) is 14.5. The summed E-state index contributed by atoms with van der Waals surface area (Å²) in [5, 5.41) is 5.39. The Balaban J connectivity index is 1.63. The van der Waals surface area contributed by atoms with Crippen LogP contribution in [0, 0.1) is 20.8 Å². The van der Waals surface area contributed by atoms with E-state index in [9.17, 15) is 0 Å². The summed E-state index contributed by atoms with van der Waals surface area (Å²) in [7, 11) is 0. The van der Waals surface area contributed by atoms with E-state index < -0.39 is 0 Å². The molecule has 0 saturated carbocycles. The van der Waals surface area contributed by atoms with Gasteiger partial charge in [0.05, 0.1) is 0 Å². The number of aryl methyl sites for hydroxylation is 3. The van der Waals surface area contributed by atoms with Crippen molar-refractivity contribution in [1.82, 2.24) is 0 Å². The van der Waals surface area contributed by atoms with Crippen LogP contribution in [0.25, 0.3) is 51.5 Å². The average Bonchev–Trinajstić information content (AvgIpc) is 3.22. The molecule has 146 valence electrons. The summed E-state index contributed by atoms with van der Waals surface area (Å²) in [5.41, 5.74) is 6.40. The smallest absolute Gasteiger partial charge is 0.0362 e. The second kappa shape index (κ2) is 6.58. The number of hydrogen-bond donors (Lipinski definition) is 1. The van der Waals surface area contributed by atoms with Gasteiger partial charge in [0.25, 0.3) is 0 Å². The van der Waals surface area contributed by atoms with Gasteiger partial charge in [0.15, 0.2) is 0 Å². The normalized spacial score (nSPS) is 12.0. The minimum Gasteiger partial charge on any atom is -0.143 e. The molecule has 2 heterocycles. The summed E-state index contributed by atoms with van der Waals surface area (Å²) in [4.78, 5) is 1.04. The highest BCUT2D eigenvalue weighted by atomic mass is 32.1. The topological polar surface area (TPSA) is 0 Å². The molecule has 6 rings (SSSR count). The first-order valence-corrected chi connectivity index (χ1v) is 12.2. The molecule has 0 nitrogen and oxygen atoms in total. The molecule has 0 aliphatic heterocycles. The summed E-state index contributed by atoms with van der Waals surface area (Å²) >= 11 is 8.68. The van der Waals surface area contributed by atoms with E-state index in [4.69, 9.17) is 12.6 Å². The lowest BCUT2D eigenvalue weighted by Gasteiger charge is -2.10. The molecule has 6 aromatic rings. The molecule has 0 radical (unpaired) electrons. The molecule has 2 aromatic heterocycles. The Kier molecular flexibility index (Phi) is 4.05. The zero-order valence-electron chi connectivity index (χ0n) is 17.0. The van der Waals surface area contributed by atoms with Crippen molar-refractivity contribution in [1.29, 1.82) is 0 Å². The van der Waals surface area contributed by atoms with Gasteiger partial charge in [-0.25, -0.2) is 0 Å². The summed E-state index contributed by atoms with van der Waals surface area (Å²) in [6, 6.07) is 22.8. The van der Waals surface area contributed by atoms with Crippen LogP contribution in [-0.2, 0) is 0 Å². The van der Waals surface area contributed by atoms with E-state index in [0.717, 1.165) is 4.90 Å². The molecule has 3 heteroatoms. The highest BCUT2D eigenvalue weighted by Gasteiger charge is 2.14. The van der Waals surface area contributed by atoms with Gasteiger partial charge in [-0.05, 0) is 73.4 Å². The molecular formula is C27H20S3.